The summed E-state index contributed by atoms with van der Waals surface area (Å²) >= 11 is 0. The van der Waals surface area contributed by atoms with Crippen LogP contribution in [0.25, 0.3) is 0 Å². The van der Waals surface area contributed by atoms with Crippen molar-refractivity contribution in [2.24, 2.45) is 5.92 Å². The number of carbonyl (C=O) groups excluding carboxylic acids is 2. The summed E-state index contributed by atoms with van der Waals surface area (Å²) in [6, 6.07) is 8.87. The molecule has 2 heterocycles. The maximum Gasteiger partial charge on any atom is 0.254 e. The van der Waals surface area contributed by atoms with Crippen LogP contribution in [0, 0.1) is 5.92 Å². The lowest BCUT2D eigenvalue weighted by Crippen LogP contribution is -2.51. The molecule has 0 spiro atoms. The molecule has 6 heteroatoms. The number of nitrogens with one attached hydrogen (secondary N) is 2. The van der Waals surface area contributed by atoms with Gasteiger partial charge in [-0.25, -0.2) is 0 Å². The van der Waals surface area contributed by atoms with Crippen LogP contribution in [-0.4, -0.2) is 48.9 Å². The van der Waals surface area contributed by atoms with E-state index in [0.717, 1.165) is 25.9 Å². The molecule has 2 saturated heterocycles. The standard InChI is InChI=1S/C16H21N3O2.ClH/c20-15(18-11-12-9-17-10-12)14-7-4-8-19(14)16(21)13-5-2-1-3-6-13;/h1-3,5-6,12,14,17H,4,7-11H2,(H,18,20);1H. The van der Waals surface area contributed by atoms with Gasteiger partial charge in [0, 0.05) is 37.7 Å². The van der Waals surface area contributed by atoms with E-state index in [9.17, 15) is 9.59 Å². The van der Waals surface area contributed by atoms with Gasteiger partial charge in [-0.1, -0.05) is 18.2 Å². The lowest BCUT2D eigenvalue weighted by molar-refractivity contribution is -0.125. The summed E-state index contributed by atoms with van der Waals surface area (Å²) in [6.07, 6.45) is 1.65. The van der Waals surface area contributed by atoms with Gasteiger partial charge in [-0.05, 0) is 25.0 Å². The van der Waals surface area contributed by atoms with Gasteiger partial charge in [-0.3, -0.25) is 9.59 Å². The van der Waals surface area contributed by atoms with Crippen molar-refractivity contribution in [3.63, 3.8) is 0 Å². The number of benzene rings is 1. The molecule has 0 bridgehead atoms. The third kappa shape index (κ3) is 3.59. The highest BCUT2D eigenvalue weighted by Crippen LogP contribution is 2.20. The van der Waals surface area contributed by atoms with Crippen LogP contribution in [0.4, 0.5) is 0 Å². The number of hydrogen-bond donors (Lipinski definition) is 2. The summed E-state index contributed by atoms with van der Waals surface area (Å²) in [5.74, 6) is 0.482. The van der Waals surface area contributed by atoms with Crippen molar-refractivity contribution in [3.05, 3.63) is 35.9 Å². The number of rotatable bonds is 4. The molecule has 0 aliphatic carbocycles. The first-order valence-electron chi connectivity index (χ1n) is 7.60. The molecule has 2 amide bonds. The van der Waals surface area contributed by atoms with E-state index >= 15 is 0 Å². The Labute approximate surface area is 136 Å². The second-order valence-electron chi connectivity index (χ2n) is 5.79. The lowest BCUT2D eigenvalue weighted by atomic mass is 10.0. The first-order valence-corrected chi connectivity index (χ1v) is 7.60. The molecule has 0 saturated carbocycles. The monoisotopic (exact) mass is 323 g/mol. The molecule has 2 fully saturated rings. The normalized spacial score (nSPS) is 20.9. The number of likely N-dealkylation sites (tertiary alicyclic amines) is 1. The van der Waals surface area contributed by atoms with Gasteiger partial charge in [0.15, 0.2) is 0 Å². The number of hydrogen-bond acceptors (Lipinski definition) is 3. The maximum atomic E-state index is 12.5. The molecule has 2 aliphatic rings. The van der Waals surface area contributed by atoms with Gasteiger partial charge in [-0.2, -0.15) is 0 Å². The van der Waals surface area contributed by atoms with E-state index in [2.05, 4.69) is 10.6 Å². The Bertz CT molecular complexity index is 519. The highest BCUT2D eigenvalue weighted by molar-refractivity contribution is 5.97. The van der Waals surface area contributed by atoms with Gasteiger partial charge in [-0.15, -0.1) is 12.4 Å². The fourth-order valence-corrected chi connectivity index (χ4v) is 2.88. The third-order valence-corrected chi connectivity index (χ3v) is 4.27. The van der Waals surface area contributed by atoms with Gasteiger partial charge in [0.2, 0.25) is 5.91 Å². The van der Waals surface area contributed by atoms with Crippen molar-refractivity contribution < 1.29 is 9.59 Å². The van der Waals surface area contributed by atoms with Gasteiger partial charge in [0.05, 0.1) is 0 Å². The number of amides is 2. The van der Waals surface area contributed by atoms with E-state index in [-0.39, 0.29) is 30.3 Å². The maximum absolute atomic E-state index is 12.5. The fourth-order valence-electron chi connectivity index (χ4n) is 2.88. The van der Waals surface area contributed by atoms with Crippen LogP contribution in [0.1, 0.15) is 23.2 Å². The van der Waals surface area contributed by atoms with Gasteiger partial charge < -0.3 is 15.5 Å². The zero-order valence-electron chi connectivity index (χ0n) is 12.5. The van der Waals surface area contributed by atoms with Crippen molar-refractivity contribution in [1.29, 1.82) is 0 Å². The summed E-state index contributed by atoms with van der Waals surface area (Å²) in [6.45, 7) is 3.31. The van der Waals surface area contributed by atoms with Gasteiger partial charge in [0.25, 0.3) is 5.91 Å². The van der Waals surface area contributed by atoms with Crippen molar-refractivity contribution in [2.45, 2.75) is 18.9 Å². The van der Waals surface area contributed by atoms with Crippen LogP contribution >= 0.6 is 12.4 Å². The number of nitrogens with zero attached hydrogens (tertiary/aromatic N) is 1. The van der Waals surface area contributed by atoms with Gasteiger partial charge >= 0.3 is 0 Å². The molecule has 120 valence electrons. The number of halogens is 1. The van der Waals surface area contributed by atoms with Crippen molar-refractivity contribution in [3.8, 4) is 0 Å². The molecule has 1 aromatic rings. The average Bonchev–Trinajstić information content (AvgIpc) is 2.95. The zero-order chi connectivity index (χ0) is 14.7. The predicted octanol–water partition coefficient (Wildman–Crippen LogP) is 1.05. The Kier molecular flexibility index (Phi) is 5.80. The summed E-state index contributed by atoms with van der Waals surface area (Å²) < 4.78 is 0. The molecule has 1 aromatic carbocycles. The summed E-state index contributed by atoms with van der Waals surface area (Å²) in [7, 11) is 0. The van der Waals surface area contributed by atoms with E-state index in [0.29, 0.717) is 24.6 Å². The Hall–Kier alpha value is -1.59. The van der Waals surface area contributed by atoms with E-state index in [1.54, 1.807) is 17.0 Å². The smallest absolute Gasteiger partial charge is 0.254 e. The molecule has 0 radical (unpaired) electrons. The molecule has 3 rings (SSSR count). The summed E-state index contributed by atoms with van der Waals surface area (Å²) in [4.78, 5) is 26.5. The van der Waals surface area contributed by atoms with Crippen molar-refractivity contribution in [2.75, 3.05) is 26.2 Å². The summed E-state index contributed by atoms with van der Waals surface area (Å²) in [5, 5.41) is 6.18. The van der Waals surface area contributed by atoms with Crippen LogP contribution in [-0.2, 0) is 4.79 Å². The zero-order valence-corrected chi connectivity index (χ0v) is 13.3. The minimum atomic E-state index is -0.314. The van der Waals surface area contributed by atoms with E-state index in [4.69, 9.17) is 0 Å². The van der Waals surface area contributed by atoms with Crippen molar-refractivity contribution >= 4 is 24.2 Å². The average molecular weight is 324 g/mol. The Morgan fingerprint density at radius 1 is 1.23 bits per heavy atom. The van der Waals surface area contributed by atoms with E-state index < -0.39 is 0 Å². The number of carbonyl (C=O) groups is 2. The quantitative estimate of drug-likeness (QED) is 0.870. The summed E-state index contributed by atoms with van der Waals surface area (Å²) in [5.41, 5.74) is 0.653. The van der Waals surface area contributed by atoms with Gasteiger partial charge in [0.1, 0.15) is 6.04 Å². The molecular weight excluding hydrogens is 302 g/mol. The minimum Gasteiger partial charge on any atom is -0.354 e. The van der Waals surface area contributed by atoms with Crippen LogP contribution in [0.5, 0.6) is 0 Å². The molecule has 2 aliphatic heterocycles. The van der Waals surface area contributed by atoms with E-state index in [1.807, 2.05) is 18.2 Å². The van der Waals surface area contributed by atoms with Crippen LogP contribution in [0.3, 0.4) is 0 Å². The van der Waals surface area contributed by atoms with Crippen LogP contribution in [0.2, 0.25) is 0 Å². The van der Waals surface area contributed by atoms with Crippen molar-refractivity contribution in [1.82, 2.24) is 15.5 Å². The molecule has 2 N–H and O–H groups in total. The second-order valence-corrected chi connectivity index (χ2v) is 5.79. The fraction of sp³-hybridized carbons (Fsp3) is 0.500. The van der Waals surface area contributed by atoms with E-state index in [1.165, 1.54) is 0 Å². The molecule has 5 nitrogen and oxygen atoms in total. The molecule has 1 unspecified atom stereocenters. The highest BCUT2D eigenvalue weighted by atomic mass is 35.5. The molecule has 1 atom stereocenters. The highest BCUT2D eigenvalue weighted by Gasteiger charge is 2.34. The first-order chi connectivity index (χ1) is 10.3. The van der Waals surface area contributed by atoms with Crippen LogP contribution < -0.4 is 10.6 Å². The molecule has 22 heavy (non-hydrogen) atoms. The largest absolute Gasteiger partial charge is 0.354 e. The predicted molar refractivity (Wildman–Crippen MR) is 87.1 cm³/mol. The Morgan fingerprint density at radius 3 is 2.59 bits per heavy atom. The van der Waals surface area contributed by atoms with Crippen LogP contribution in [0.15, 0.2) is 30.3 Å². The molecular formula is C16H22ClN3O2. The Balaban J connectivity index is 0.00000176. The third-order valence-electron chi connectivity index (χ3n) is 4.27. The topological polar surface area (TPSA) is 61.4 Å². The SMILES string of the molecule is Cl.O=C(NCC1CNC1)C1CCCN1C(=O)c1ccccc1. The molecule has 0 aromatic heterocycles. The lowest BCUT2D eigenvalue weighted by Gasteiger charge is -2.29. The Morgan fingerprint density at radius 2 is 1.95 bits per heavy atom. The minimum absolute atomic E-state index is 0. The second kappa shape index (κ2) is 7.61. The first kappa shape index (κ1) is 16.8.